The maximum atomic E-state index is 14.4. The number of anilines is 1. The van der Waals surface area contributed by atoms with E-state index in [9.17, 15) is 17.6 Å². The lowest BCUT2D eigenvalue weighted by Crippen LogP contribution is -2.61. The molecular formula is C34H52FN9O4S. The molecule has 4 fully saturated rings. The lowest BCUT2D eigenvalue weighted by molar-refractivity contribution is 0.0606. The third kappa shape index (κ3) is 8.01. The minimum absolute atomic E-state index is 0.0787. The molecule has 13 nitrogen and oxygen atoms in total. The van der Waals surface area contributed by atoms with Crippen LogP contribution in [0.2, 0.25) is 0 Å². The predicted molar refractivity (Wildman–Crippen MR) is 185 cm³/mol. The topological polar surface area (TPSA) is 127 Å². The van der Waals surface area contributed by atoms with E-state index in [0.29, 0.717) is 44.5 Å². The van der Waals surface area contributed by atoms with Gasteiger partial charge in [0.15, 0.2) is 5.82 Å². The summed E-state index contributed by atoms with van der Waals surface area (Å²) in [4.78, 5) is 24.4. The summed E-state index contributed by atoms with van der Waals surface area (Å²) in [5.74, 6) is 0.648. The zero-order chi connectivity index (χ0) is 34.8. The van der Waals surface area contributed by atoms with Crippen LogP contribution < -0.4 is 15.0 Å². The molecule has 0 bridgehead atoms. The molecule has 6 rings (SSSR count). The van der Waals surface area contributed by atoms with Gasteiger partial charge in [-0.3, -0.25) is 4.79 Å². The van der Waals surface area contributed by atoms with Gasteiger partial charge < -0.3 is 24.8 Å². The quantitative estimate of drug-likeness (QED) is 0.395. The molecule has 4 aliphatic heterocycles. The average molecular weight is 702 g/mol. The van der Waals surface area contributed by atoms with E-state index in [0.717, 1.165) is 71.4 Å². The number of hydrogen-bond acceptors (Lipinski definition) is 10. The van der Waals surface area contributed by atoms with E-state index in [1.54, 1.807) is 13.5 Å². The number of likely N-dealkylation sites (tertiary alicyclic amines) is 1. The summed E-state index contributed by atoms with van der Waals surface area (Å²) in [6, 6.07) is 3.79. The number of rotatable bonds is 10. The van der Waals surface area contributed by atoms with Crippen LogP contribution in [0.4, 0.5) is 10.2 Å². The molecule has 15 heteroatoms. The molecule has 1 aromatic carbocycles. The van der Waals surface area contributed by atoms with Gasteiger partial charge >= 0.3 is 0 Å². The molecule has 0 unspecified atom stereocenters. The minimum atomic E-state index is -3.39. The molecule has 4 saturated heterocycles. The second-order valence-corrected chi connectivity index (χ2v) is 16.7. The van der Waals surface area contributed by atoms with Gasteiger partial charge in [0.25, 0.3) is 22.0 Å². The second-order valence-electron chi connectivity index (χ2n) is 14.7. The number of piperidine rings is 2. The summed E-state index contributed by atoms with van der Waals surface area (Å²) in [6.07, 6.45) is 6.20. The highest BCUT2D eigenvalue weighted by molar-refractivity contribution is 7.86. The number of ether oxygens (including phenoxy) is 1. The molecular weight excluding hydrogens is 649 g/mol. The van der Waals surface area contributed by atoms with Crippen LogP contribution in [0.25, 0.3) is 0 Å². The van der Waals surface area contributed by atoms with Crippen molar-refractivity contribution in [1.29, 1.82) is 0 Å². The standard InChI is InChI=1S/C34H52FN9O4S/c1-25(2)44(26(3)4)33(45)29-20-28(35)6-7-30(29)48-32-31(37-24-38-39-32)41-22-34(23-41)10-17-40(18-11-34)21-27-8-15-43(16-9-27)49(46,47)42-14-5-12-36-13-19-42/h6-7,20,24-27,36H,5,8-19,21-23H2,1-4H3. The molecule has 4 aliphatic rings. The fraction of sp³-hybridized carbons (Fsp3) is 0.706. The molecule has 270 valence electrons. The molecule has 1 N–H and O–H groups in total. The maximum absolute atomic E-state index is 14.4. The zero-order valence-electron chi connectivity index (χ0n) is 29.4. The summed E-state index contributed by atoms with van der Waals surface area (Å²) in [6.45, 7) is 16.3. The average Bonchev–Trinajstić information content (AvgIpc) is 3.36. The summed E-state index contributed by atoms with van der Waals surface area (Å²) in [5, 5.41) is 11.5. The van der Waals surface area contributed by atoms with Gasteiger partial charge in [-0.25, -0.2) is 9.37 Å². The smallest absolute Gasteiger partial charge is 0.282 e. The first-order chi connectivity index (χ1) is 23.5. The lowest BCUT2D eigenvalue weighted by Gasteiger charge is -2.54. The Labute approximate surface area is 290 Å². The van der Waals surface area contributed by atoms with Gasteiger partial charge in [-0.15, -0.1) is 10.2 Å². The highest BCUT2D eigenvalue weighted by Gasteiger charge is 2.47. The highest BCUT2D eigenvalue weighted by atomic mass is 32.2. The zero-order valence-corrected chi connectivity index (χ0v) is 30.2. The Kier molecular flexibility index (Phi) is 11.0. The van der Waals surface area contributed by atoms with Gasteiger partial charge in [0.2, 0.25) is 0 Å². The van der Waals surface area contributed by atoms with Crippen LogP contribution in [0.15, 0.2) is 24.5 Å². The molecule has 5 heterocycles. The van der Waals surface area contributed by atoms with E-state index in [1.165, 1.54) is 24.5 Å². The van der Waals surface area contributed by atoms with Crippen molar-refractivity contribution in [2.75, 3.05) is 76.9 Å². The van der Waals surface area contributed by atoms with E-state index in [1.807, 2.05) is 27.7 Å². The van der Waals surface area contributed by atoms with Crippen LogP contribution in [0, 0.1) is 17.2 Å². The number of carbonyl (C=O) groups is 1. The summed E-state index contributed by atoms with van der Waals surface area (Å²) < 4.78 is 50.4. The molecule has 1 amide bonds. The number of amides is 1. The van der Waals surface area contributed by atoms with Gasteiger partial charge in [0.05, 0.1) is 5.56 Å². The third-order valence-corrected chi connectivity index (χ3v) is 12.6. The van der Waals surface area contributed by atoms with Gasteiger partial charge in [0.1, 0.15) is 17.9 Å². The third-order valence-electron chi connectivity index (χ3n) is 10.6. The maximum Gasteiger partial charge on any atom is 0.282 e. The predicted octanol–water partition coefficient (Wildman–Crippen LogP) is 3.22. The highest BCUT2D eigenvalue weighted by Crippen LogP contribution is 2.44. The number of nitrogens with zero attached hydrogens (tertiary/aromatic N) is 8. The van der Waals surface area contributed by atoms with Crippen molar-refractivity contribution in [1.82, 2.24) is 38.9 Å². The van der Waals surface area contributed by atoms with Crippen molar-refractivity contribution in [2.24, 2.45) is 11.3 Å². The van der Waals surface area contributed by atoms with E-state index >= 15 is 0 Å². The first kappa shape index (κ1) is 35.8. The number of nitrogens with one attached hydrogen (secondary N) is 1. The number of carbonyl (C=O) groups excluding carboxylic acids is 1. The van der Waals surface area contributed by atoms with Crippen molar-refractivity contribution in [3.8, 4) is 11.6 Å². The number of hydrogen-bond donors (Lipinski definition) is 1. The van der Waals surface area contributed by atoms with Gasteiger partial charge in [-0.1, -0.05) is 0 Å². The number of benzene rings is 1. The normalized spacial score (nSPS) is 21.6. The van der Waals surface area contributed by atoms with E-state index in [-0.39, 0.29) is 40.6 Å². The number of aromatic nitrogens is 3. The van der Waals surface area contributed by atoms with E-state index in [2.05, 4.69) is 30.3 Å². The van der Waals surface area contributed by atoms with Crippen molar-refractivity contribution in [3.63, 3.8) is 0 Å². The fourth-order valence-electron chi connectivity index (χ4n) is 7.95. The van der Waals surface area contributed by atoms with Gasteiger partial charge in [-0.2, -0.15) is 17.0 Å². The van der Waals surface area contributed by atoms with Crippen LogP contribution in [-0.2, 0) is 10.2 Å². The summed E-state index contributed by atoms with van der Waals surface area (Å²) in [5.41, 5.74) is 0.318. The van der Waals surface area contributed by atoms with Crippen LogP contribution in [0.5, 0.6) is 11.6 Å². The van der Waals surface area contributed by atoms with Gasteiger partial charge in [0, 0.05) is 69.9 Å². The number of halogens is 1. The molecule has 1 aromatic heterocycles. The largest absolute Gasteiger partial charge is 0.434 e. The fourth-order valence-corrected chi connectivity index (χ4v) is 9.63. The Morgan fingerprint density at radius 3 is 2.41 bits per heavy atom. The molecule has 49 heavy (non-hydrogen) atoms. The molecule has 0 saturated carbocycles. The minimum Gasteiger partial charge on any atom is -0.434 e. The Morgan fingerprint density at radius 2 is 1.71 bits per heavy atom. The molecule has 0 atom stereocenters. The molecule has 1 spiro atoms. The second kappa shape index (κ2) is 15.1. The van der Waals surface area contributed by atoms with Crippen LogP contribution in [0.3, 0.4) is 0 Å². The first-order valence-corrected chi connectivity index (χ1v) is 19.3. The van der Waals surface area contributed by atoms with Crippen molar-refractivity contribution >= 4 is 21.9 Å². The molecule has 0 aliphatic carbocycles. The van der Waals surface area contributed by atoms with Crippen molar-refractivity contribution in [2.45, 2.75) is 71.9 Å². The monoisotopic (exact) mass is 701 g/mol. The van der Waals surface area contributed by atoms with Crippen LogP contribution in [0.1, 0.15) is 70.2 Å². The van der Waals surface area contributed by atoms with Crippen molar-refractivity contribution in [3.05, 3.63) is 35.9 Å². The Bertz CT molecular complexity index is 1540. The van der Waals surface area contributed by atoms with E-state index in [4.69, 9.17) is 4.74 Å². The van der Waals surface area contributed by atoms with E-state index < -0.39 is 16.0 Å². The Hall–Kier alpha value is -2.98. The summed E-state index contributed by atoms with van der Waals surface area (Å²) in [7, 11) is -3.39. The Balaban J connectivity index is 1.02. The Morgan fingerprint density at radius 1 is 1.02 bits per heavy atom. The molecule has 0 radical (unpaired) electrons. The first-order valence-electron chi connectivity index (χ1n) is 17.9. The van der Waals surface area contributed by atoms with Crippen LogP contribution in [-0.4, -0.2) is 132 Å². The summed E-state index contributed by atoms with van der Waals surface area (Å²) >= 11 is 0. The SMILES string of the molecule is CC(C)N(C(=O)c1cc(F)ccc1Oc1nncnc1N1CC2(CCN(CC3CCN(S(=O)(=O)N4CCCNCC4)CC3)CC2)C1)C(C)C. The lowest BCUT2D eigenvalue weighted by atomic mass is 9.72. The van der Waals surface area contributed by atoms with Crippen LogP contribution >= 0.6 is 0 Å². The van der Waals surface area contributed by atoms with Crippen molar-refractivity contribution < 1.29 is 22.3 Å². The molecule has 2 aromatic rings. The van der Waals surface area contributed by atoms with Gasteiger partial charge in [-0.05, 0) is 104 Å².